The Labute approximate surface area is 347 Å². The molecule has 0 aliphatic carbocycles. The third-order valence-corrected chi connectivity index (χ3v) is 11.6. The van der Waals surface area contributed by atoms with Gasteiger partial charge in [-0.3, -0.25) is 9.36 Å². The summed E-state index contributed by atoms with van der Waals surface area (Å²) in [6.45, 7) is 4.64. The summed E-state index contributed by atoms with van der Waals surface area (Å²) in [5.41, 5.74) is 0. The Kier molecular flexibility index (Phi) is 38.7. The molecule has 0 fully saturated rings. The smallest absolute Gasteiger partial charge is 0.268 e. The molecule has 0 saturated heterocycles. The number of quaternary nitrogens is 1. The standard InChI is InChI=1S/C47H93N2O6P/c1-6-8-10-12-14-16-18-19-20-21-22-23-24-25-26-27-28-29-31-33-35-37-39-41-47(51)48-45(44-55-56(52,53)54-43-42-49(3,4)5)46(50)40-38-36-34-32-30-17-15-13-11-9-7-2/h21-22,38,40,45-46,50H,6-20,23-37,39,41-44H2,1-5H3,(H-,48,51,52,53)/b22-21-,40-38+. The Morgan fingerprint density at radius 1 is 0.607 bits per heavy atom. The molecule has 1 amide bonds. The largest absolute Gasteiger partial charge is 0.756 e. The predicted molar refractivity (Wildman–Crippen MR) is 238 cm³/mol. The third-order valence-electron chi connectivity index (χ3n) is 10.7. The molecule has 0 aromatic heterocycles. The third kappa shape index (κ3) is 41.2. The Hall–Kier alpha value is -1.02. The number of carbonyl (C=O) groups excluding carboxylic acids is 1. The number of carbonyl (C=O) groups is 1. The van der Waals surface area contributed by atoms with Crippen molar-refractivity contribution < 1.29 is 32.9 Å². The first-order valence-corrected chi connectivity index (χ1v) is 25.2. The van der Waals surface area contributed by atoms with Crippen molar-refractivity contribution in [2.75, 3.05) is 40.9 Å². The van der Waals surface area contributed by atoms with Gasteiger partial charge in [-0.25, -0.2) is 0 Å². The monoisotopic (exact) mass is 813 g/mol. The molecular weight excluding hydrogens is 719 g/mol. The Balaban J connectivity index is 4.22. The van der Waals surface area contributed by atoms with Gasteiger partial charge in [-0.05, 0) is 44.9 Å². The van der Waals surface area contributed by atoms with Crippen LogP contribution in [-0.2, 0) is 18.4 Å². The fourth-order valence-electron chi connectivity index (χ4n) is 6.85. The summed E-state index contributed by atoms with van der Waals surface area (Å²) in [4.78, 5) is 25.3. The summed E-state index contributed by atoms with van der Waals surface area (Å²) < 4.78 is 23.2. The summed E-state index contributed by atoms with van der Waals surface area (Å²) in [5.74, 6) is -0.198. The Morgan fingerprint density at radius 2 is 0.982 bits per heavy atom. The van der Waals surface area contributed by atoms with Gasteiger partial charge in [0.05, 0.1) is 39.9 Å². The SMILES string of the molecule is CCCCCCCCCC/C=C\CCCCCCCCCCCCCC(=O)NC(COP(=O)([O-])OCC[N+](C)(C)C)C(O)/C=C/CCCCCCCCCCC. The molecule has 9 heteroatoms. The van der Waals surface area contributed by atoms with Crippen LogP contribution >= 0.6 is 7.82 Å². The average molecular weight is 813 g/mol. The summed E-state index contributed by atoms with van der Waals surface area (Å²) in [6, 6.07) is -0.882. The highest BCUT2D eigenvalue weighted by molar-refractivity contribution is 7.45. The lowest BCUT2D eigenvalue weighted by atomic mass is 10.0. The fourth-order valence-corrected chi connectivity index (χ4v) is 7.58. The van der Waals surface area contributed by atoms with Gasteiger partial charge in [0, 0.05) is 6.42 Å². The lowest BCUT2D eigenvalue weighted by Crippen LogP contribution is -2.45. The number of likely N-dealkylation sites (N-methyl/N-ethyl adjacent to an activating group) is 1. The zero-order chi connectivity index (χ0) is 41.4. The van der Waals surface area contributed by atoms with Crippen LogP contribution in [0, 0.1) is 0 Å². The van der Waals surface area contributed by atoms with E-state index in [1.807, 2.05) is 27.2 Å². The molecule has 2 N–H and O–H groups in total. The number of unbranched alkanes of at least 4 members (excludes halogenated alkanes) is 28. The van der Waals surface area contributed by atoms with E-state index in [0.29, 0.717) is 17.4 Å². The van der Waals surface area contributed by atoms with Crippen LogP contribution in [0.2, 0.25) is 0 Å². The van der Waals surface area contributed by atoms with Gasteiger partial charge in [0.25, 0.3) is 7.82 Å². The number of rotatable bonds is 43. The molecule has 3 atom stereocenters. The van der Waals surface area contributed by atoms with Gasteiger partial charge in [0.15, 0.2) is 0 Å². The summed E-state index contributed by atoms with van der Waals surface area (Å²) in [5, 5.41) is 13.8. The number of amides is 1. The Morgan fingerprint density at radius 3 is 1.39 bits per heavy atom. The van der Waals surface area contributed by atoms with E-state index in [1.54, 1.807) is 6.08 Å². The van der Waals surface area contributed by atoms with Crippen LogP contribution in [-0.4, -0.2) is 68.5 Å². The van der Waals surface area contributed by atoms with E-state index < -0.39 is 20.0 Å². The molecular formula is C47H93N2O6P. The van der Waals surface area contributed by atoms with E-state index in [2.05, 4.69) is 31.3 Å². The normalized spacial score (nSPS) is 14.5. The number of aliphatic hydroxyl groups is 1. The van der Waals surface area contributed by atoms with Crippen LogP contribution in [0.4, 0.5) is 0 Å². The highest BCUT2D eigenvalue weighted by Crippen LogP contribution is 2.38. The van der Waals surface area contributed by atoms with E-state index in [4.69, 9.17) is 9.05 Å². The number of hydrogen-bond acceptors (Lipinski definition) is 6. The molecule has 0 aromatic rings. The Bertz CT molecular complexity index is 969. The van der Waals surface area contributed by atoms with Gasteiger partial charge in [0.1, 0.15) is 13.2 Å². The number of aliphatic hydroxyl groups excluding tert-OH is 1. The minimum absolute atomic E-state index is 0.0000427. The molecule has 0 aliphatic rings. The van der Waals surface area contributed by atoms with Crippen LogP contribution < -0.4 is 10.2 Å². The highest BCUT2D eigenvalue weighted by atomic mass is 31.2. The molecule has 0 spiro atoms. The number of allylic oxidation sites excluding steroid dienone is 3. The number of phosphoric acid groups is 1. The number of hydrogen-bond donors (Lipinski definition) is 2. The first-order chi connectivity index (χ1) is 27.0. The second kappa shape index (κ2) is 39.4. The van der Waals surface area contributed by atoms with Gasteiger partial charge in [0.2, 0.25) is 5.91 Å². The lowest BCUT2D eigenvalue weighted by Gasteiger charge is -2.29. The minimum Gasteiger partial charge on any atom is -0.756 e. The summed E-state index contributed by atoms with van der Waals surface area (Å²) in [7, 11) is 1.26. The van der Waals surface area contributed by atoms with Crippen LogP contribution in [0.1, 0.15) is 219 Å². The van der Waals surface area contributed by atoms with Gasteiger partial charge < -0.3 is 28.8 Å². The van der Waals surface area contributed by atoms with Crippen molar-refractivity contribution in [2.45, 2.75) is 231 Å². The van der Waals surface area contributed by atoms with Crippen molar-refractivity contribution in [3.05, 3.63) is 24.3 Å². The van der Waals surface area contributed by atoms with E-state index in [9.17, 15) is 19.4 Å². The van der Waals surface area contributed by atoms with Crippen LogP contribution in [0.15, 0.2) is 24.3 Å². The van der Waals surface area contributed by atoms with Crippen molar-refractivity contribution in [3.8, 4) is 0 Å². The summed E-state index contributed by atoms with van der Waals surface area (Å²) >= 11 is 0. The number of nitrogens with one attached hydrogen (secondary N) is 1. The second-order valence-corrected chi connectivity index (χ2v) is 18.9. The van der Waals surface area contributed by atoms with Crippen molar-refractivity contribution in [1.29, 1.82) is 0 Å². The predicted octanol–water partition coefficient (Wildman–Crippen LogP) is 12.7. The lowest BCUT2D eigenvalue weighted by molar-refractivity contribution is -0.870. The molecule has 0 bridgehead atoms. The van der Waals surface area contributed by atoms with Crippen LogP contribution in [0.3, 0.4) is 0 Å². The van der Waals surface area contributed by atoms with Crippen molar-refractivity contribution in [3.63, 3.8) is 0 Å². The molecule has 0 saturated carbocycles. The molecule has 3 unspecified atom stereocenters. The van der Waals surface area contributed by atoms with Crippen molar-refractivity contribution in [1.82, 2.24) is 5.32 Å². The minimum atomic E-state index is -4.58. The maximum absolute atomic E-state index is 12.9. The molecule has 8 nitrogen and oxygen atoms in total. The molecule has 56 heavy (non-hydrogen) atoms. The molecule has 0 rings (SSSR count). The number of phosphoric ester groups is 1. The first-order valence-electron chi connectivity index (χ1n) is 23.7. The van der Waals surface area contributed by atoms with E-state index in [0.717, 1.165) is 38.5 Å². The molecule has 0 aliphatic heterocycles. The number of nitrogens with zero attached hydrogens (tertiary/aromatic N) is 1. The van der Waals surface area contributed by atoms with Gasteiger partial charge in [-0.15, -0.1) is 0 Å². The zero-order valence-electron chi connectivity index (χ0n) is 37.6. The molecule has 0 aromatic carbocycles. The van der Waals surface area contributed by atoms with E-state index in [-0.39, 0.29) is 19.1 Å². The van der Waals surface area contributed by atoms with Crippen molar-refractivity contribution >= 4 is 13.7 Å². The molecule has 332 valence electrons. The first kappa shape index (κ1) is 55.0. The van der Waals surface area contributed by atoms with Gasteiger partial charge in [-0.1, -0.05) is 192 Å². The highest BCUT2D eigenvalue weighted by Gasteiger charge is 2.23. The van der Waals surface area contributed by atoms with Crippen LogP contribution in [0.5, 0.6) is 0 Å². The zero-order valence-corrected chi connectivity index (χ0v) is 38.5. The van der Waals surface area contributed by atoms with Crippen LogP contribution in [0.25, 0.3) is 0 Å². The van der Waals surface area contributed by atoms with Gasteiger partial charge >= 0.3 is 0 Å². The average Bonchev–Trinajstić information content (AvgIpc) is 3.15. The maximum atomic E-state index is 12.9. The van der Waals surface area contributed by atoms with E-state index in [1.165, 1.54) is 161 Å². The quantitative estimate of drug-likeness (QED) is 0.0275. The summed E-state index contributed by atoms with van der Waals surface area (Å²) in [6.07, 6.45) is 46.6. The fraction of sp³-hybridized carbons (Fsp3) is 0.894. The molecule has 0 heterocycles. The van der Waals surface area contributed by atoms with E-state index >= 15 is 0 Å². The topological polar surface area (TPSA) is 108 Å². The second-order valence-electron chi connectivity index (χ2n) is 17.5. The maximum Gasteiger partial charge on any atom is 0.268 e. The van der Waals surface area contributed by atoms with Crippen molar-refractivity contribution in [2.24, 2.45) is 0 Å². The molecule has 0 radical (unpaired) electrons. The van der Waals surface area contributed by atoms with Gasteiger partial charge in [-0.2, -0.15) is 0 Å².